The molecule has 0 aliphatic heterocycles. The molecular weight excluding hydrogens is 364 g/mol. The van der Waals surface area contributed by atoms with Crippen LogP contribution in [0, 0.1) is 5.92 Å². The van der Waals surface area contributed by atoms with E-state index in [2.05, 4.69) is 96.9 Å². The van der Waals surface area contributed by atoms with Crippen LogP contribution < -0.4 is 0 Å². The lowest BCUT2D eigenvalue weighted by atomic mass is 9.72. The maximum Gasteiger partial charge on any atom is 0.0456 e. The van der Waals surface area contributed by atoms with Crippen LogP contribution in [0.15, 0.2) is 72.9 Å². The topological polar surface area (TPSA) is 19.0 Å². The van der Waals surface area contributed by atoms with Gasteiger partial charge in [-0.2, -0.15) is 0 Å². The summed E-state index contributed by atoms with van der Waals surface area (Å²) in [5, 5.41) is 1.35. The summed E-state index contributed by atoms with van der Waals surface area (Å²) in [4.78, 5) is 5.82. The number of allylic oxidation sites excluding steroid dienone is 2. The van der Waals surface area contributed by atoms with Gasteiger partial charge in [0.25, 0.3) is 0 Å². The summed E-state index contributed by atoms with van der Waals surface area (Å²) >= 11 is 0. The zero-order valence-corrected chi connectivity index (χ0v) is 17.7. The largest absolute Gasteiger partial charge is 0.361 e. The van der Waals surface area contributed by atoms with E-state index in [4.69, 9.17) is 0 Å². The first-order chi connectivity index (χ1) is 13.2. The van der Waals surface area contributed by atoms with Crippen molar-refractivity contribution in [3.8, 4) is 0 Å². The van der Waals surface area contributed by atoms with Crippen LogP contribution in [0.25, 0.3) is 10.9 Å². The highest BCUT2D eigenvalue weighted by Gasteiger charge is 2.37. The van der Waals surface area contributed by atoms with Gasteiger partial charge in [0.1, 0.15) is 0 Å². The van der Waals surface area contributed by atoms with Gasteiger partial charge in [-0.3, -0.25) is 4.90 Å². The SMILES string of the molecule is CN(C)C1(c2ccccc2)CCC(C=CCc2c[nH]c3ccccc23)CC1.Cl. The van der Waals surface area contributed by atoms with Crippen molar-refractivity contribution in [2.75, 3.05) is 14.1 Å². The molecule has 28 heavy (non-hydrogen) atoms. The van der Waals surface area contributed by atoms with Crippen molar-refractivity contribution in [1.29, 1.82) is 0 Å². The molecule has 148 valence electrons. The van der Waals surface area contributed by atoms with Gasteiger partial charge >= 0.3 is 0 Å². The minimum absolute atomic E-state index is 0. The third-order valence-electron chi connectivity index (χ3n) is 6.45. The molecule has 0 radical (unpaired) electrons. The van der Waals surface area contributed by atoms with Crippen molar-refractivity contribution in [2.45, 2.75) is 37.6 Å². The fraction of sp³-hybridized carbons (Fsp3) is 0.360. The monoisotopic (exact) mass is 394 g/mol. The van der Waals surface area contributed by atoms with Crippen LogP contribution in [0.5, 0.6) is 0 Å². The lowest BCUT2D eigenvalue weighted by Gasteiger charge is -2.45. The summed E-state index contributed by atoms with van der Waals surface area (Å²) in [5.74, 6) is 0.701. The van der Waals surface area contributed by atoms with Gasteiger partial charge in [0.15, 0.2) is 0 Å². The highest BCUT2D eigenvalue weighted by atomic mass is 35.5. The molecule has 0 spiro atoms. The first-order valence-corrected chi connectivity index (χ1v) is 10.1. The van der Waals surface area contributed by atoms with E-state index >= 15 is 0 Å². The van der Waals surface area contributed by atoms with Gasteiger partial charge in [0, 0.05) is 22.6 Å². The van der Waals surface area contributed by atoms with E-state index < -0.39 is 0 Å². The van der Waals surface area contributed by atoms with E-state index in [0.717, 1.165) is 6.42 Å². The van der Waals surface area contributed by atoms with Crippen LogP contribution in [-0.2, 0) is 12.0 Å². The molecule has 1 saturated carbocycles. The van der Waals surface area contributed by atoms with E-state index in [1.54, 1.807) is 0 Å². The van der Waals surface area contributed by atoms with Crippen LogP contribution in [0.4, 0.5) is 0 Å². The summed E-state index contributed by atoms with van der Waals surface area (Å²) < 4.78 is 0. The second-order valence-electron chi connectivity index (χ2n) is 8.12. The minimum Gasteiger partial charge on any atom is -0.361 e. The van der Waals surface area contributed by atoms with E-state index in [9.17, 15) is 0 Å². The number of hydrogen-bond donors (Lipinski definition) is 1. The lowest BCUT2D eigenvalue weighted by molar-refractivity contribution is 0.0861. The van der Waals surface area contributed by atoms with Crippen LogP contribution in [0.1, 0.15) is 36.8 Å². The molecule has 1 aliphatic rings. The number of H-pyrrole nitrogens is 1. The van der Waals surface area contributed by atoms with Crippen LogP contribution in [-0.4, -0.2) is 24.0 Å². The summed E-state index contributed by atoms with van der Waals surface area (Å²) in [6.07, 6.45) is 13.0. The number of para-hydroxylation sites is 1. The van der Waals surface area contributed by atoms with Gasteiger partial charge in [-0.25, -0.2) is 0 Å². The quantitative estimate of drug-likeness (QED) is 0.500. The normalized spacial score (nSPS) is 22.6. The zero-order valence-electron chi connectivity index (χ0n) is 16.9. The molecule has 0 saturated heterocycles. The molecule has 0 amide bonds. The highest BCUT2D eigenvalue weighted by molar-refractivity contribution is 5.85. The minimum atomic E-state index is 0. The number of hydrogen-bond acceptors (Lipinski definition) is 1. The second kappa shape index (κ2) is 8.98. The molecule has 1 N–H and O–H groups in total. The Kier molecular flexibility index (Phi) is 6.64. The number of halogens is 1. The highest BCUT2D eigenvalue weighted by Crippen LogP contribution is 2.43. The van der Waals surface area contributed by atoms with E-state index in [-0.39, 0.29) is 17.9 Å². The Balaban J connectivity index is 0.00000225. The van der Waals surface area contributed by atoms with Gasteiger partial charge in [-0.15, -0.1) is 12.4 Å². The zero-order chi connectivity index (χ0) is 18.7. The van der Waals surface area contributed by atoms with Gasteiger partial charge < -0.3 is 4.98 Å². The first kappa shape index (κ1) is 20.7. The van der Waals surface area contributed by atoms with Crippen LogP contribution in [0.3, 0.4) is 0 Å². The molecule has 1 fully saturated rings. The molecule has 2 aromatic carbocycles. The Morgan fingerprint density at radius 1 is 1.00 bits per heavy atom. The van der Waals surface area contributed by atoms with Crippen LogP contribution >= 0.6 is 12.4 Å². The fourth-order valence-corrected chi connectivity index (χ4v) is 4.74. The van der Waals surface area contributed by atoms with Gasteiger partial charge in [-0.1, -0.05) is 60.7 Å². The van der Waals surface area contributed by atoms with Crippen molar-refractivity contribution >= 4 is 23.3 Å². The Hall–Kier alpha value is -2.03. The third-order valence-corrected chi connectivity index (χ3v) is 6.45. The first-order valence-electron chi connectivity index (χ1n) is 10.1. The van der Waals surface area contributed by atoms with Crippen molar-refractivity contribution in [1.82, 2.24) is 9.88 Å². The van der Waals surface area contributed by atoms with E-state index in [1.807, 2.05) is 0 Å². The molecule has 4 rings (SSSR count). The molecule has 0 bridgehead atoms. The Labute approximate surface area is 175 Å². The summed E-state index contributed by atoms with van der Waals surface area (Å²) in [6, 6.07) is 19.6. The molecule has 1 heterocycles. The fourth-order valence-electron chi connectivity index (χ4n) is 4.74. The lowest BCUT2D eigenvalue weighted by Crippen LogP contribution is -2.44. The number of rotatable bonds is 5. The third kappa shape index (κ3) is 4.04. The van der Waals surface area contributed by atoms with Crippen molar-refractivity contribution in [2.24, 2.45) is 5.92 Å². The average molecular weight is 395 g/mol. The standard InChI is InChI=1S/C25H30N2.ClH/c1-27(2)25(22-11-4-3-5-12-22)17-15-20(16-18-25)9-8-10-21-19-26-24-14-7-6-13-23(21)24;/h3-9,11-14,19-20,26H,10,15-18H2,1-2H3;1H. The number of nitrogens with zero attached hydrogens (tertiary/aromatic N) is 1. The number of nitrogens with one attached hydrogen (secondary N) is 1. The maximum absolute atomic E-state index is 3.38. The Morgan fingerprint density at radius 2 is 1.68 bits per heavy atom. The van der Waals surface area contributed by atoms with Gasteiger partial charge in [0.2, 0.25) is 0 Å². The number of fused-ring (bicyclic) bond motifs is 1. The molecule has 3 aromatic rings. The van der Waals surface area contributed by atoms with Crippen molar-refractivity contribution in [3.63, 3.8) is 0 Å². The van der Waals surface area contributed by atoms with E-state index in [1.165, 1.54) is 47.7 Å². The average Bonchev–Trinajstić information content (AvgIpc) is 3.12. The Bertz CT molecular complexity index is 902. The summed E-state index contributed by atoms with van der Waals surface area (Å²) in [6.45, 7) is 0. The smallest absolute Gasteiger partial charge is 0.0456 e. The van der Waals surface area contributed by atoms with Gasteiger partial charge in [-0.05, 0) is 69.3 Å². The van der Waals surface area contributed by atoms with Crippen molar-refractivity contribution < 1.29 is 0 Å². The predicted octanol–water partition coefficient (Wildman–Crippen LogP) is 6.34. The number of aromatic nitrogens is 1. The summed E-state index contributed by atoms with van der Waals surface area (Å²) in [7, 11) is 4.47. The van der Waals surface area contributed by atoms with Crippen molar-refractivity contribution in [3.05, 3.63) is 84.1 Å². The second-order valence-corrected chi connectivity index (χ2v) is 8.12. The van der Waals surface area contributed by atoms with Crippen LogP contribution in [0.2, 0.25) is 0 Å². The number of benzene rings is 2. The maximum atomic E-state index is 3.38. The molecule has 1 aliphatic carbocycles. The predicted molar refractivity (Wildman–Crippen MR) is 122 cm³/mol. The molecule has 0 atom stereocenters. The summed E-state index contributed by atoms with van der Waals surface area (Å²) in [5.41, 5.74) is 4.29. The van der Waals surface area contributed by atoms with Gasteiger partial charge in [0.05, 0.1) is 0 Å². The molecule has 0 unspecified atom stereocenters. The molecule has 2 nitrogen and oxygen atoms in total. The molecule has 1 aromatic heterocycles. The molecular formula is C25H31ClN2. The Morgan fingerprint density at radius 3 is 2.39 bits per heavy atom. The number of aromatic amines is 1. The van der Waals surface area contributed by atoms with E-state index in [0.29, 0.717) is 5.92 Å². The molecule has 3 heteroatoms.